The van der Waals surface area contributed by atoms with E-state index >= 15 is 0 Å². The molecular weight excluding hydrogens is 446 g/mol. The number of benzene rings is 2. The molecule has 5 heteroatoms. The van der Waals surface area contributed by atoms with E-state index in [1.54, 1.807) is 24.3 Å². The van der Waals surface area contributed by atoms with Gasteiger partial charge in [-0.1, -0.05) is 64.9 Å². The summed E-state index contributed by atoms with van der Waals surface area (Å²) in [5.41, 5.74) is 3.92. The molecule has 188 valence electrons. The third-order valence-electron chi connectivity index (χ3n) is 6.36. The number of nitriles is 1. The second-order valence-electron chi connectivity index (χ2n) is 9.29. The molecule has 0 unspecified atom stereocenters. The Hall–Kier alpha value is -3.52. The normalized spacial score (nSPS) is 10.7. The summed E-state index contributed by atoms with van der Waals surface area (Å²) in [6.45, 7) is 4.41. The van der Waals surface area contributed by atoms with Crippen molar-refractivity contribution in [2.45, 2.75) is 84.5 Å². The third kappa shape index (κ3) is 8.30. The summed E-state index contributed by atoms with van der Waals surface area (Å²) in [6, 6.07) is 14.7. The summed E-state index contributed by atoms with van der Waals surface area (Å²) in [7, 11) is 0. The van der Waals surface area contributed by atoms with E-state index in [9.17, 15) is 10.1 Å². The van der Waals surface area contributed by atoms with Crippen LogP contribution in [-0.2, 0) is 12.8 Å². The van der Waals surface area contributed by atoms with E-state index in [2.05, 4.69) is 29.9 Å². The zero-order valence-electron chi connectivity index (χ0n) is 21.6. The summed E-state index contributed by atoms with van der Waals surface area (Å²) in [5, 5.41) is 9.56. The lowest BCUT2D eigenvalue weighted by atomic mass is 9.99. The van der Waals surface area contributed by atoms with Crippen molar-refractivity contribution in [1.29, 1.82) is 5.26 Å². The fourth-order valence-corrected chi connectivity index (χ4v) is 4.17. The first-order valence-corrected chi connectivity index (χ1v) is 13.3. The molecule has 0 saturated carbocycles. The number of aryl methyl sites for hydroxylation is 2. The molecule has 3 aromatic rings. The summed E-state index contributed by atoms with van der Waals surface area (Å²) >= 11 is 0. The summed E-state index contributed by atoms with van der Waals surface area (Å²) in [6.07, 6.45) is 16.4. The number of aromatic nitrogens is 2. The van der Waals surface area contributed by atoms with Gasteiger partial charge >= 0.3 is 5.97 Å². The van der Waals surface area contributed by atoms with E-state index in [1.807, 2.05) is 30.6 Å². The Balaban J connectivity index is 1.56. The molecule has 0 aliphatic carbocycles. The number of hydrogen-bond acceptors (Lipinski definition) is 5. The van der Waals surface area contributed by atoms with E-state index < -0.39 is 5.97 Å². The van der Waals surface area contributed by atoms with E-state index in [-0.39, 0.29) is 0 Å². The van der Waals surface area contributed by atoms with Gasteiger partial charge in [-0.05, 0) is 73.2 Å². The van der Waals surface area contributed by atoms with E-state index in [1.165, 1.54) is 38.5 Å². The standard InChI is InChI=1S/C31H37N3O2/c1-3-5-7-9-11-13-25-14-15-27(20-28(25)21-32)31(35)36-29-18-16-26(17-19-29)30-33-22-24(23-34-30)12-10-8-6-4-2/h14-20,22-23H,3-13H2,1-2H3. The number of rotatable bonds is 14. The molecule has 1 aromatic heterocycles. The maximum Gasteiger partial charge on any atom is 0.343 e. The molecule has 0 amide bonds. The quantitative estimate of drug-likeness (QED) is 0.132. The number of unbranched alkanes of at least 4 members (excludes halogenated alkanes) is 7. The fourth-order valence-electron chi connectivity index (χ4n) is 4.17. The highest BCUT2D eigenvalue weighted by molar-refractivity contribution is 5.91. The van der Waals surface area contributed by atoms with Crippen LogP contribution in [0.15, 0.2) is 54.9 Å². The SMILES string of the molecule is CCCCCCCc1ccc(C(=O)Oc2ccc(-c3ncc(CCCCCC)cn3)cc2)cc1C#N. The van der Waals surface area contributed by atoms with E-state index in [4.69, 9.17) is 4.74 Å². The van der Waals surface area contributed by atoms with E-state index in [0.29, 0.717) is 22.7 Å². The molecule has 0 saturated heterocycles. The van der Waals surface area contributed by atoms with Gasteiger partial charge in [-0.25, -0.2) is 14.8 Å². The predicted octanol–water partition coefficient (Wildman–Crippen LogP) is 7.87. The summed E-state index contributed by atoms with van der Waals surface area (Å²) in [4.78, 5) is 21.7. The van der Waals surface area contributed by atoms with Gasteiger partial charge < -0.3 is 4.74 Å². The van der Waals surface area contributed by atoms with Crippen molar-refractivity contribution in [3.63, 3.8) is 0 Å². The van der Waals surface area contributed by atoms with Gasteiger partial charge in [-0.3, -0.25) is 0 Å². The first kappa shape index (κ1) is 27.1. The predicted molar refractivity (Wildman–Crippen MR) is 144 cm³/mol. The zero-order chi connectivity index (χ0) is 25.6. The van der Waals surface area contributed by atoms with Crippen LogP contribution in [0.1, 0.15) is 98.7 Å². The van der Waals surface area contributed by atoms with Crippen LogP contribution >= 0.6 is 0 Å². The number of nitrogens with zero attached hydrogens (tertiary/aromatic N) is 3. The van der Waals surface area contributed by atoms with Crippen LogP contribution in [0.2, 0.25) is 0 Å². The molecule has 3 rings (SSSR count). The molecule has 0 fully saturated rings. The Morgan fingerprint density at radius 2 is 1.47 bits per heavy atom. The highest BCUT2D eigenvalue weighted by Gasteiger charge is 2.13. The van der Waals surface area contributed by atoms with Crippen molar-refractivity contribution >= 4 is 5.97 Å². The Kier molecular flexibility index (Phi) is 11.1. The van der Waals surface area contributed by atoms with E-state index in [0.717, 1.165) is 48.8 Å². The smallest absolute Gasteiger partial charge is 0.343 e. The number of esters is 1. The summed E-state index contributed by atoms with van der Waals surface area (Å²) < 4.78 is 5.55. The van der Waals surface area contributed by atoms with Crippen LogP contribution < -0.4 is 4.74 Å². The molecule has 0 spiro atoms. The van der Waals surface area contributed by atoms with Gasteiger partial charge in [-0.2, -0.15) is 5.26 Å². The number of carbonyl (C=O) groups is 1. The van der Waals surface area contributed by atoms with Gasteiger partial charge in [0.05, 0.1) is 17.2 Å². The number of ether oxygens (including phenoxy) is 1. The van der Waals surface area contributed by atoms with Crippen molar-refractivity contribution in [2.75, 3.05) is 0 Å². The highest BCUT2D eigenvalue weighted by atomic mass is 16.5. The van der Waals surface area contributed by atoms with Crippen LogP contribution in [-0.4, -0.2) is 15.9 Å². The molecule has 36 heavy (non-hydrogen) atoms. The lowest BCUT2D eigenvalue weighted by Gasteiger charge is -2.08. The molecule has 2 aromatic carbocycles. The fraction of sp³-hybridized carbons (Fsp3) is 0.419. The monoisotopic (exact) mass is 483 g/mol. The minimum atomic E-state index is -0.475. The first-order valence-electron chi connectivity index (χ1n) is 13.3. The van der Waals surface area contributed by atoms with Crippen LogP contribution in [0.25, 0.3) is 11.4 Å². The van der Waals surface area contributed by atoms with Gasteiger partial charge in [0, 0.05) is 18.0 Å². The minimum absolute atomic E-state index is 0.378. The molecule has 1 heterocycles. The molecule has 0 aliphatic heterocycles. The minimum Gasteiger partial charge on any atom is -0.423 e. The molecular formula is C31H37N3O2. The van der Waals surface area contributed by atoms with Crippen LogP contribution in [0.3, 0.4) is 0 Å². The van der Waals surface area contributed by atoms with Crippen LogP contribution in [0, 0.1) is 11.3 Å². The number of carbonyl (C=O) groups excluding carboxylic acids is 1. The molecule has 0 radical (unpaired) electrons. The second kappa shape index (κ2) is 14.8. The maximum atomic E-state index is 12.7. The van der Waals surface area contributed by atoms with Crippen LogP contribution in [0.4, 0.5) is 0 Å². The molecule has 0 bridgehead atoms. The van der Waals surface area contributed by atoms with Crippen molar-refractivity contribution < 1.29 is 9.53 Å². The van der Waals surface area contributed by atoms with Gasteiger partial charge in [-0.15, -0.1) is 0 Å². The second-order valence-corrected chi connectivity index (χ2v) is 9.29. The van der Waals surface area contributed by atoms with Crippen molar-refractivity contribution in [3.8, 4) is 23.2 Å². The Bertz CT molecular complexity index is 1130. The lowest BCUT2D eigenvalue weighted by molar-refractivity contribution is 0.0734. The topological polar surface area (TPSA) is 75.9 Å². The van der Waals surface area contributed by atoms with Crippen molar-refractivity contribution in [3.05, 3.63) is 77.1 Å². The molecule has 0 N–H and O–H groups in total. The highest BCUT2D eigenvalue weighted by Crippen LogP contribution is 2.22. The average molecular weight is 484 g/mol. The lowest BCUT2D eigenvalue weighted by Crippen LogP contribution is -2.09. The Labute approximate surface area is 215 Å². The van der Waals surface area contributed by atoms with Gasteiger partial charge in [0.1, 0.15) is 5.75 Å². The Morgan fingerprint density at radius 1 is 0.833 bits per heavy atom. The number of hydrogen-bond donors (Lipinski definition) is 0. The van der Waals surface area contributed by atoms with Gasteiger partial charge in [0.25, 0.3) is 0 Å². The molecule has 0 aliphatic rings. The van der Waals surface area contributed by atoms with Crippen LogP contribution in [0.5, 0.6) is 5.75 Å². The first-order chi connectivity index (χ1) is 17.6. The Morgan fingerprint density at radius 3 is 2.14 bits per heavy atom. The largest absolute Gasteiger partial charge is 0.423 e. The van der Waals surface area contributed by atoms with Gasteiger partial charge in [0.15, 0.2) is 5.82 Å². The third-order valence-corrected chi connectivity index (χ3v) is 6.36. The molecule has 0 atom stereocenters. The summed E-state index contributed by atoms with van der Waals surface area (Å²) in [5.74, 6) is 0.612. The van der Waals surface area contributed by atoms with Crippen molar-refractivity contribution in [1.82, 2.24) is 9.97 Å². The maximum absolute atomic E-state index is 12.7. The molecule has 5 nitrogen and oxygen atoms in total. The zero-order valence-corrected chi connectivity index (χ0v) is 21.6. The average Bonchev–Trinajstić information content (AvgIpc) is 2.92. The van der Waals surface area contributed by atoms with Crippen molar-refractivity contribution in [2.24, 2.45) is 0 Å². The van der Waals surface area contributed by atoms with Gasteiger partial charge in [0.2, 0.25) is 0 Å².